The van der Waals surface area contributed by atoms with E-state index in [1.807, 2.05) is 47.4 Å². The zero-order chi connectivity index (χ0) is 24.9. The van der Waals surface area contributed by atoms with E-state index in [1.165, 1.54) is 12.1 Å². The van der Waals surface area contributed by atoms with Gasteiger partial charge in [0.15, 0.2) is 11.5 Å². The van der Waals surface area contributed by atoms with Crippen molar-refractivity contribution >= 4 is 11.6 Å². The van der Waals surface area contributed by atoms with Crippen LogP contribution in [0.2, 0.25) is 0 Å². The first-order valence-corrected chi connectivity index (χ1v) is 12.4. The Morgan fingerprint density at radius 3 is 2.33 bits per heavy atom. The van der Waals surface area contributed by atoms with E-state index in [1.54, 1.807) is 19.2 Å². The van der Waals surface area contributed by atoms with Crippen molar-refractivity contribution in [3.05, 3.63) is 89.2 Å². The van der Waals surface area contributed by atoms with E-state index in [0.29, 0.717) is 30.2 Å². The number of amides is 1. The number of halogens is 1. The van der Waals surface area contributed by atoms with Crippen LogP contribution in [0.5, 0.6) is 11.5 Å². The SMILES string of the molecule is COc1cc(CN(C(=O)c2ccc(N3CCOCC3)cc2)C2CC2)ccc1OCc1ccc(F)cc1. The van der Waals surface area contributed by atoms with Gasteiger partial charge in [0.2, 0.25) is 0 Å². The molecule has 0 spiro atoms. The molecular formula is C29H31FN2O4. The molecule has 188 valence electrons. The van der Waals surface area contributed by atoms with Gasteiger partial charge >= 0.3 is 0 Å². The minimum atomic E-state index is -0.275. The van der Waals surface area contributed by atoms with Gasteiger partial charge in [-0.25, -0.2) is 4.39 Å². The second-order valence-corrected chi connectivity index (χ2v) is 9.21. The highest BCUT2D eigenvalue weighted by atomic mass is 19.1. The number of carbonyl (C=O) groups excluding carboxylic acids is 1. The predicted octanol–water partition coefficient (Wildman–Crippen LogP) is 5.05. The zero-order valence-corrected chi connectivity index (χ0v) is 20.5. The number of ether oxygens (including phenoxy) is 3. The van der Waals surface area contributed by atoms with Crippen molar-refractivity contribution in [3.8, 4) is 11.5 Å². The second-order valence-electron chi connectivity index (χ2n) is 9.21. The smallest absolute Gasteiger partial charge is 0.254 e. The molecule has 2 fully saturated rings. The van der Waals surface area contributed by atoms with Gasteiger partial charge in [0, 0.05) is 36.9 Å². The summed E-state index contributed by atoms with van der Waals surface area (Å²) in [5, 5.41) is 0. The molecule has 0 unspecified atom stereocenters. The molecule has 36 heavy (non-hydrogen) atoms. The molecule has 1 saturated carbocycles. The topological polar surface area (TPSA) is 51.2 Å². The van der Waals surface area contributed by atoms with Crippen molar-refractivity contribution in [2.75, 3.05) is 38.3 Å². The summed E-state index contributed by atoms with van der Waals surface area (Å²) in [6.45, 7) is 4.01. The summed E-state index contributed by atoms with van der Waals surface area (Å²) in [5.74, 6) is 0.978. The average molecular weight is 491 g/mol. The first-order valence-electron chi connectivity index (χ1n) is 12.4. The first kappa shape index (κ1) is 24.1. The van der Waals surface area contributed by atoms with Crippen LogP contribution in [-0.2, 0) is 17.9 Å². The monoisotopic (exact) mass is 490 g/mol. The summed E-state index contributed by atoms with van der Waals surface area (Å²) in [6.07, 6.45) is 2.04. The van der Waals surface area contributed by atoms with Gasteiger partial charge in [-0.05, 0) is 72.5 Å². The molecule has 2 aliphatic rings. The summed E-state index contributed by atoms with van der Waals surface area (Å²) in [7, 11) is 1.60. The third kappa shape index (κ3) is 5.79. The number of morpholine rings is 1. The van der Waals surface area contributed by atoms with Crippen LogP contribution in [0.1, 0.15) is 34.3 Å². The Kier molecular flexibility index (Phi) is 7.37. The fraction of sp³-hybridized carbons (Fsp3) is 0.345. The third-order valence-corrected chi connectivity index (χ3v) is 6.63. The average Bonchev–Trinajstić information content (AvgIpc) is 3.77. The maximum atomic E-state index is 13.4. The number of rotatable bonds is 9. The molecule has 1 aliphatic heterocycles. The van der Waals surface area contributed by atoms with Gasteiger partial charge in [0.25, 0.3) is 5.91 Å². The van der Waals surface area contributed by atoms with E-state index >= 15 is 0 Å². The molecule has 0 radical (unpaired) electrons. The first-order chi connectivity index (χ1) is 17.6. The van der Waals surface area contributed by atoms with E-state index in [9.17, 15) is 9.18 Å². The minimum absolute atomic E-state index is 0.0432. The van der Waals surface area contributed by atoms with Gasteiger partial charge < -0.3 is 24.0 Å². The van der Waals surface area contributed by atoms with Crippen LogP contribution in [0.4, 0.5) is 10.1 Å². The third-order valence-electron chi connectivity index (χ3n) is 6.63. The Balaban J connectivity index is 1.26. The van der Waals surface area contributed by atoms with Crippen LogP contribution < -0.4 is 14.4 Å². The highest BCUT2D eigenvalue weighted by Crippen LogP contribution is 2.33. The molecular weight excluding hydrogens is 459 g/mol. The molecule has 3 aromatic carbocycles. The van der Waals surface area contributed by atoms with E-state index in [4.69, 9.17) is 14.2 Å². The highest BCUT2D eigenvalue weighted by Gasteiger charge is 2.33. The van der Waals surface area contributed by atoms with Gasteiger partial charge in [0.05, 0.1) is 20.3 Å². The molecule has 1 aliphatic carbocycles. The van der Waals surface area contributed by atoms with Crippen molar-refractivity contribution in [3.63, 3.8) is 0 Å². The summed E-state index contributed by atoms with van der Waals surface area (Å²) in [5.41, 5.74) is 3.66. The molecule has 5 rings (SSSR count). The number of anilines is 1. The summed E-state index contributed by atoms with van der Waals surface area (Å²) in [4.78, 5) is 17.7. The van der Waals surface area contributed by atoms with E-state index in [-0.39, 0.29) is 17.8 Å². The molecule has 0 aromatic heterocycles. The van der Waals surface area contributed by atoms with Gasteiger partial charge in [-0.1, -0.05) is 18.2 Å². The summed E-state index contributed by atoms with van der Waals surface area (Å²) >= 11 is 0. The van der Waals surface area contributed by atoms with Gasteiger partial charge in [0.1, 0.15) is 12.4 Å². The van der Waals surface area contributed by atoms with Crippen LogP contribution in [0, 0.1) is 5.82 Å². The van der Waals surface area contributed by atoms with Crippen LogP contribution in [0.25, 0.3) is 0 Å². The number of hydrogen-bond acceptors (Lipinski definition) is 5. The Hall–Kier alpha value is -3.58. The number of methoxy groups -OCH3 is 1. The Bertz CT molecular complexity index is 1170. The van der Waals surface area contributed by atoms with E-state index in [2.05, 4.69) is 4.90 Å². The molecule has 0 bridgehead atoms. The number of nitrogens with zero attached hydrogens (tertiary/aromatic N) is 2. The minimum Gasteiger partial charge on any atom is -0.493 e. The lowest BCUT2D eigenvalue weighted by atomic mass is 10.1. The van der Waals surface area contributed by atoms with Gasteiger partial charge in [-0.2, -0.15) is 0 Å². The fourth-order valence-corrected chi connectivity index (χ4v) is 4.42. The molecule has 0 N–H and O–H groups in total. The van der Waals surface area contributed by atoms with Crippen LogP contribution in [0.3, 0.4) is 0 Å². The van der Waals surface area contributed by atoms with Crippen molar-refractivity contribution in [1.29, 1.82) is 0 Å². The molecule has 6 nitrogen and oxygen atoms in total. The molecule has 7 heteroatoms. The van der Waals surface area contributed by atoms with Crippen molar-refractivity contribution in [2.45, 2.75) is 32.0 Å². The lowest BCUT2D eigenvalue weighted by Gasteiger charge is -2.29. The lowest BCUT2D eigenvalue weighted by Crippen LogP contribution is -2.36. The lowest BCUT2D eigenvalue weighted by molar-refractivity contribution is 0.0729. The van der Waals surface area contributed by atoms with E-state index in [0.717, 1.165) is 56.0 Å². The number of carbonyl (C=O) groups is 1. The van der Waals surface area contributed by atoms with Gasteiger partial charge in [-0.3, -0.25) is 4.79 Å². The fourth-order valence-electron chi connectivity index (χ4n) is 4.42. The highest BCUT2D eigenvalue weighted by molar-refractivity contribution is 5.95. The maximum absolute atomic E-state index is 13.4. The molecule has 1 saturated heterocycles. The van der Waals surface area contributed by atoms with Crippen molar-refractivity contribution < 1.29 is 23.4 Å². The van der Waals surface area contributed by atoms with Gasteiger partial charge in [-0.15, -0.1) is 0 Å². The van der Waals surface area contributed by atoms with Crippen LogP contribution in [0.15, 0.2) is 66.7 Å². The second kappa shape index (κ2) is 11.0. The molecule has 1 amide bonds. The van der Waals surface area contributed by atoms with Crippen molar-refractivity contribution in [2.24, 2.45) is 0 Å². The molecule has 3 aromatic rings. The quantitative estimate of drug-likeness (QED) is 0.420. The number of benzene rings is 3. The maximum Gasteiger partial charge on any atom is 0.254 e. The molecule has 0 atom stereocenters. The Morgan fingerprint density at radius 1 is 0.972 bits per heavy atom. The van der Waals surface area contributed by atoms with Crippen molar-refractivity contribution in [1.82, 2.24) is 4.90 Å². The summed E-state index contributed by atoms with van der Waals surface area (Å²) in [6, 6.07) is 20.1. The zero-order valence-electron chi connectivity index (χ0n) is 20.5. The normalized spacial score (nSPS) is 15.4. The largest absolute Gasteiger partial charge is 0.493 e. The Morgan fingerprint density at radius 2 is 1.67 bits per heavy atom. The standard InChI is InChI=1S/C29H31FN2O4/c1-34-28-18-22(4-13-27(28)36-20-21-2-7-24(30)8-3-21)19-32(26-11-12-26)29(33)23-5-9-25(10-6-23)31-14-16-35-17-15-31/h2-10,13,18,26H,11-12,14-17,19-20H2,1H3. The number of hydrogen-bond donors (Lipinski definition) is 0. The summed E-state index contributed by atoms with van der Waals surface area (Å²) < 4.78 is 30.1. The predicted molar refractivity (Wildman–Crippen MR) is 136 cm³/mol. The van der Waals surface area contributed by atoms with Crippen LogP contribution >= 0.6 is 0 Å². The van der Waals surface area contributed by atoms with E-state index < -0.39 is 0 Å². The Labute approximate surface area is 211 Å². The molecule has 1 heterocycles. The van der Waals surface area contributed by atoms with Crippen LogP contribution in [-0.4, -0.2) is 50.3 Å².